The second-order valence-corrected chi connectivity index (χ2v) is 5.48. The highest BCUT2D eigenvalue weighted by Gasteiger charge is 2.66. The fraction of sp³-hybridized carbons (Fsp3) is 0.300. The van der Waals surface area contributed by atoms with Gasteiger partial charge in [0.25, 0.3) is 6.10 Å². The second kappa shape index (κ2) is 5.84. The highest BCUT2D eigenvalue weighted by atomic mass is 32.2. The summed E-state index contributed by atoms with van der Waals surface area (Å²) in [4.78, 5) is 11.4. The molecule has 0 fully saturated rings. The molecule has 0 saturated carbocycles. The predicted molar refractivity (Wildman–Crippen MR) is 63.6 cm³/mol. The second-order valence-electron chi connectivity index (χ2n) is 3.99. The average molecular weight is 344 g/mol. The van der Waals surface area contributed by atoms with Gasteiger partial charge in [-0.3, -0.25) is 4.55 Å². The quantitative estimate of drug-likeness (QED) is 0.382. The van der Waals surface area contributed by atoms with Gasteiger partial charge in [0.15, 0.2) is 0 Å². The van der Waals surface area contributed by atoms with Crippen LogP contribution in [0.15, 0.2) is 24.3 Å². The molecule has 1 N–H and O–H groups in total. The van der Waals surface area contributed by atoms with E-state index >= 15 is 0 Å². The molecule has 120 valence electrons. The molecule has 2 radical (unpaired) electrons. The molecule has 0 amide bonds. The molecule has 5 nitrogen and oxygen atoms in total. The van der Waals surface area contributed by atoms with Gasteiger partial charge in [-0.05, 0) is 6.07 Å². The highest BCUT2D eigenvalue weighted by Crippen LogP contribution is 2.38. The van der Waals surface area contributed by atoms with Crippen molar-refractivity contribution in [1.29, 1.82) is 0 Å². The lowest BCUT2D eigenvalue weighted by atomic mass is 9.94. The molecule has 0 aromatic heterocycles. The monoisotopic (exact) mass is 344 g/mol. The third-order valence-corrected chi connectivity index (χ3v) is 3.20. The van der Waals surface area contributed by atoms with Crippen LogP contribution < -0.4 is 5.46 Å². The van der Waals surface area contributed by atoms with Gasteiger partial charge in [0.05, 0.1) is 5.56 Å². The Morgan fingerprint density at radius 1 is 1.23 bits per heavy atom. The van der Waals surface area contributed by atoms with E-state index < -0.39 is 39.2 Å². The summed E-state index contributed by atoms with van der Waals surface area (Å²) in [5.41, 5.74) is -0.681. The van der Waals surface area contributed by atoms with E-state index in [1.165, 1.54) is 6.07 Å². The largest absolute Gasteiger partial charge is 0.441 e. The summed E-state index contributed by atoms with van der Waals surface area (Å²) in [7, 11) is -1.22. The standard InChI is InChI=1S/C10H6BF5O5S/c11-6-3-1-2-5(4-6)7(17)21-8(9(12,13)14)10(15,16)22(18,19)20/h1-4,8H,(H,18,19,20). The first kappa shape index (κ1) is 18.4. The summed E-state index contributed by atoms with van der Waals surface area (Å²) in [6.45, 7) is 0. The summed E-state index contributed by atoms with van der Waals surface area (Å²) < 4.78 is 96.6. The molecule has 0 aliphatic rings. The Balaban J connectivity index is 3.19. The topological polar surface area (TPSA) is 80.7 Å². The van der Waals surface area contributed by atoms with Crippen molar-refractivity contribution < 1.29 is 44.5 Å². The van der Waals surface area contributed by atoms with Crippen LogP contribution in [0.5, 0.6) is 0 Å². The first-order chi connectivity index (χ1) is 9.76. The first-order valence-electron chi connectivity index (χ1n) is 5.25. The van der Waals surface area contributed by atoms with Gasteiger partial charge in [0, 0.05) is 0 Å². The molecule has 0 heterocycles. The van der Waals surface area contributed by atoms with Crippen molar-refractivity contribution in [3.05, 3.63) is 29.8 Å². The molecule has 0 aliphatic carbocycles. The molecule has 0 spiro atoms. The zero-order valence-electron chi connectivity index (χ0n) is 10.3. The lowest BCUT2D eigenvalue weighted by molar-refractivity contribution is -0.248. The van der Waals surface area contributed by atoms with Crippen molar-refractivity contribution in [3.63, 3.8) is 0 Å². The summed E-state index contributed by atoms with van der Waals surface area (Å²) in [5.74, 6) is -1.89. The van der Waals surface area contributed by atoms with Gasteiger partial charge >= 0.3 is 27.5 Å². The molecule has 0 aliphatic heterocycles. The van der Waals surface area contributed by atoms with Crippen LogP contribution in [0.4, 0.5) is 22.0 Å². The molecule has 1 rings (SSSR count). The van der Waals surface area contributed by atoms with Crippen LogP contribution in [-0.2, 0) is 14.9 Å². The minimum absolute atomic E-state index is 0.0699. The highest BCUT2D eigenvalue weighted by molar-refractivity contribution is 7.86. The third-order valence-electron chi connectivity index (χ3n) is 2.29. The van der Waals surface area contributed by atoms with E-state index in [1.807, 2.05) is 0 Å². The Kier molecular flexibility index (Phi) is 4.87. The van der Waals surface area contributed by atoms with E-state index in [1.54, 1.807) is 0 Å². The van der Waals surface area contributed by atoms with Gasteiger partial charge < -0.3 is 4.74 Å². The molecule has 1 atom stereocenters. The zero-order chi connectivity index (χ0) is 17.3. The lowest BCUT2D eigenvalue weighted by Gasteiger charge is -2.26. The van der Waals surface area contributed by atoms with Crippen LogP contribution in [-0.4, -0.2) is 44.3 Å². The number of hydrogen-bond donors (Lipinski definition) is 1. The molecule has 22 heavy (non-hydrogen) atoms. The Bertz CT molecular complexity index is 673. The fourth-order valence-electron chi connectivity index (χ4n) is 1.30. The third kappa shape index (κ3) is 3.94. The Morgan fingerprint density at radius 3 is 2.18 bits per heavy atom. The van der Waals surface area contributed by atoms with Crippen molar-refractivity contribution in [1.82, 2.24) is 0 Å². The smallest absolute Gasteiger partial charge is 0.432 e. The molecule has 12 heteroatoms. The number of carbonyl (C=O) groups is 1. The molecule has 1 unspecified atom stereocenters. The number of ether oxygens (including phenoxy) is 1. The van der Waals surface area contributed by atoms with Gasteiger partial charge in [-0.2, -0.15) is 30.4 Å². The predicted octanol–water partition coefficient (Wildman–Crippen LogP) is 1.05. The zero-order valence-corrected chi connectivity index (χ0v) is 11.2. The summed E-state index contributed by atoms with van der Waals surface area (Å²) in [6, 6.07) is 4.14. The first-order valence-corrected chi connectivity index (χ1v) is 6.69. The van der Waals surface area contributed by atoms with Crippen molar-refractivity contribution in [2.24, 2.45) is 0 Å². The van der Waals surface area contributed by atoms with Gasteiger partial charge in [-0.15, -0.1) is 0 Å². The number of rotatable bonds is 4. The SMILES string of the molecule is [B]c1cccc(C(=O)OC(C(F)(F)F)C(F)(F)S(=O)(=O)O)c1. The maximum atomic E-state index is 13.2. The Morgan fingerprint density at radius 2 is 1.77 bits per heavy atom. The number of benzene rings is 1. The number of alkyl halides is 5. The minimum Gasteiger partial charge on any atom is -0.441 e. The maximum Gasteiger partial charge on any atom is 0.432 e. The molecule has 1 aromatic rings. The van der Waals surface area contributed by atoms with Crippen LogP contribution in [0.3, 0.4) is 0 Å². The van der Waals surface area contributed by atoms with Crippen LogP contribution in [0, 0.1) is 0 Å². The van der Waals surface area contributed by atoms with Crippen molar-refractivity contribution >= 4 is 29.4 Å². The summed E-state index contributed by atoms with van der Waals surface area (Å²) in [5, 5.41) is -5.78. The summed E-state index contributed by atoms with van der Waals surface area (Å²) >= 11 is 0. The molecular weight excluding hydrogens is 338 g/mol. The van der Waals surface area contributed by atoms with E-state index in [-0.39, 0.29) is 5.46 Å². The fourth-order valence-corrected chi connectivity index (χ4v) is 1.75. The minimum atomic E-state index is -6.48. The summed E-state index contributed by atoms with van der Waals surface area (Å²) in [6.07, 6.45) is -10.3. The Labute approximate surface area is 122 Å². The van der Waals surface area contributed by atoms with E-state index in [9.17, 15) is 35.2 Å². The van der Waals surface area contributed by atoms with Gasteiger partial charge in [-0.1, -0.05) is 23.7 Å². The van der Waals surface area contributed by atoms with Crippen molar-refractivity contribution in [2.75, 3.05) is 0 Å². The van der Waals surface area contributed by atoms with Gasteiger partial charge in [0.1, 0.15) is 7.85 Å². The number of hydrogen-bond acceptors (Lipinski definition) is 4. The van der Waals surface area contributed by atoms with Crippen LogP contribution >= 0.6 is 0 Å². The lowest BCUT2D eigenvalue weighted by Crippen LogP contribution is -2.52. The molecule has 0 bridgehead atoms. The van der Waals surface area contributed by atoms with Crippen molar-refractivity contribution in [3.8, 4) is 0 Å². The van der Waals surface area contributed by atoms with E-state index in [2.05, 4.69) is 4.74 Å². The van der Waals surface area contributed by atoms with E-state index in [0.29, 0.717) is 0 Å². The number of carbonyl (C=O) groups excluding carboxylic acids is 1. The molecule has 1 aromatic carbocycles. The van der Waals surface area contributed by atoms with Crippen LogP contribution in [0.2, 0.25) is 0 Å². The number of halogens is 5. The van der Waals surface area contributed by atoms with Crippen molar-refractivity contribution in [2.45, 2.75) is 17.5 Å². The average Bonchev–Trinajstić information content (AvgIpc) is 2.32. The van der Waals surface area contributed by atoms with E-state index in [0.717, 1.165) is 18.2 Å². The van der Waals surface area contributed by atoms with Crippen LogP contribution in [0.25, 0.3) is 0 Å². The number of esters is 1. The van der Waals surface area contributed by atoms with E-state index in [4.69, 9.17) is 12.4 Å². The maximum absolute atomic E-state index is 13.2. The molecular formula is C10H6BF5O5S. The normalized spacial score (nSPS) is 14.5. The molecule has 0 saturated heterocycles. The van der Waals surface area contributed by atoms with Gasteiger partial charge in [-0.25, -0.2) is 4.79 Å². The Hall–Kier alpha value is -1.69. The van der Waals surface area contributed by atoms with Crippen LogP contribution in [0.1, 0.15) is 10.4 Å². The van der Waals surface area contributed by atoms with Gasteiger partial charge in [0.2, 0.25) is 0 Å².